The number of hydrogen-bond donors (Lipinski definition) is 0. The Morgan fingerprint density at radius 2 is 1.08 bits per heavy atom. The summed E-state index contributed by atoms with van der Waals surface area (Å²) in [6, 6.07) is 10.0. The average Bonchev–Trinajstić information content (AvgIpc) is 2.44. The normalized spacial score (nSPS) is 6.33. The maximum absolute atomic E-state index is 2.00. The Labute approximate surface area is 90.5 Å². The van der Waals surface area contributed by atoms with Gasteiger partial charge in [-0.25, -0.2) is 12.1 Å². The third-order valence-corrected chi connectivity index (χ3v) is 0.556. The Morgan fingerprint density at radius 1 is 0.833 bits per heavy atom. The van der Waals surface area contributed by atoms with Gasteiger partial charge in [-0.1, -0.05) is 0 Å². The van der Waals surface area contributed by atoms with Crippen molar-refractivity contribution in [2.24, 2.45) is 0 Å². The van der Waals surface area contributed by atoms with Crippen LogP contribution in [0.1, 0.15) is 27.7 Å². The molecule has 0 fully saturated rings. The standard InChI is InChI=1S/C5H5.2C3H7.Ru/c1-2-4-5-3-1;2*1-3-2;/h1-5H;2*3H,1-2H3;/q3*-1;+3. The molecule has 12 heavy (non-hydrogen) atoms. The van der Waals surface area contributed by atoms with Gasteiger partial charge in [0.15, 0.2) is 0 Å². The molecule has 1 aromatic rings. The molecule has 0 aliphatic heterocycles. The minimum absolute atomic E-state index is 0. The van der Waals surface area contributed by atoms with Crippen LogP contribution in [0.3, 0.4) is 0 Å². The minimum atomic E-state index is 0. The van der Waals surface area contributed by atoms with Gasteiger partial charge in [0, 0.05) is 0 Å². The molecular formula is C11H19Ru. The molecule has 0 aliphatic rings. The van der Waals surface area contributed by atoms with E-state index in [0.717, 1.165) is 0 Å². The Kier molecular flexibility index (Phi) is 33.5. The zero-order chi connectivity index (χ0) is 8.95. The van der Waals surface area contributed by atoms with Gasteiger partial charge in [0.1, 0.15) is 0 Å². The summed E-state index contributed by atoms with van der Waals surface area (Å²) >= 11 is 0. The van der Waals surface area contributed by atoms with E-state index in [4.69, 9.17) is 0 Å². The molecule has 1 rings (SSSR count). The van der Waals surface area contributed by atoms with Crippen molar-refractivity contribution >= 4 is 0 Å². The first-order valence-corrected chi connectivity index (χ1v) is 3.98. The summed E-state index contributed by atoms with van der Waals surface area (Å²) in [5, 5.41) is 0. The number of rotatable bonds is 0. The van der Waals surface area contributed by atoms with Crippen LogP contribution in [0, 0.1) is 12.8 Å². The molecule has 0 saturated carbocycles. The fourth-order valence-electron chi connectivity index (χ4n) is 0.321. The van der Waals surface area contributed by atoms with Crippen LogP contribution in [0.2, 0.25) is 0 Å². The van der Waals surface area contributed by atoms with Crippen molar-refractivity contribution < 1.29 is 19.5 Å². The van der Waals surface area contributed by atoms with Gasteiger partial charge in [0.2, 0.25) is 0 Å². The second-order valence-corrected chi connectivity index (χ2v) is 2.12. The van der Waals surface area contributed by atoms with Crippen LogP contribution in [-0.2, 0) is 19.5 Å². The van der Waals surface area contributed by atoms with Gasteiger partial charge in [-0.3, -0.25) is 0 Å². The summed E-state index contributed by atoms with van der Waals surface area (Å²) in [5.74, 6) is 0. The van der Waals surface area contributed by atoms with Crippen LogP contribution in [0.4, 0.5) is 0 Å². The van der Waals surface area contributed by atoms with E-state index >= 15 is 0 Å². The third kappa shape index (κ3) is 32.5. The molecule has 0 nitrogen and oxygen atoms in total. The van der Waals surface area contributed by atoms with Gasteiger partial charge in [-0.2, -0.15) is 45.9 Å². The first-order chi connectivity index (χ1) is 5.33. The Hall–Kier alpha value is -0.0266. The van der Waals surface area contributed by atoms with Crippen LogP contribution in [0.15, 0.2) is 30.3 Å². The summed E-state index contributed by atoms with van der Waals surface area (Å²) in [6.45, 7) is 8.00. The van der Waals surface area contributed by atoms with E-state index in [9.17, 15) is 0 Å². The van der Waals surface area contributed by atoms with Gasteiger partial charge >= 0.3 is 19.5 Å². The van der Waals surface area contributed by atoms with Gasteiger partial charge < -0.3 is 12.8 Å². The van der Waals surface area contributed by atoms with Gasteiger partial charge in [-0.05, 0) is 0 Å². The smallest absolute Gasteiger partial charge is 0.335 e. The Bertz CT molecular complexity index is 80.5. The summed E-state index contributed by atoms with van der Waals surface area (Å²) < 4.78 is 0. The largest absolute Gasteiger partial charge is 3.00 e. The van der Waals surface area contributed by atoms with E-state index in [-0.39, 0.29) is 19.5 Å². The van der Waals surface area contributed by atoms with E-state index in [1.54, 1.807) is 0 Å². The van der Waals surface area contributed by atoms with Crippen LogP contribution >= 0.6 is 0 Å². The van der Waals surface area contributed by atoms with E-state index in [1.807, 2.05) is 70.9 Å². The van der Waals surface area contributed by atoms with E-state index in [2.05, 4.69) is 0 Å². The maximum Gasteiger partial charge on any atom is 3.00 e. The summed E-state index contributed by atoms with van der Waals surface area (Å²) in [6.07, 6.45) is 4.00. The first kappa shape index (κ1) is 17.9. The van der Waals surface area contributed by atoms with Crippen molar-refractivity contribution in [3.63, 3.8) is 0 Å². The quantitative estimate of drug-likeness (QED) is 0.486. The average molecular weight is 252 g/mol. The van der Waals surface area contributed by atoms with Gasteiger partial charge in [0.25, 0.3) is 0 Å². The van der Waals surface area contributed by atoms with Crippen molar-refractivity contribution in [2.45, 2.75) is 27.7 Å². The summed E-state index contributed by atoms with van der Waals surface area (Å²) in [5.41, 5.74) is 0. The molecule has 71 valence electrons. The van der Waals surface area contributed by atoms with Gasteiger partial charge in [-0.15, -0.1) is 0 Å². The van der Waals surface area contributed by atoms with Gasteiger partial charge in [0.05, 0.1) is 0 Å². The van der Waals surface area contributed by atoms with Crippen LogP contribution in [0.25, 0.3) is 0 Å². The summed E-state index contributed by atoms with van der Waals surface area (Å²) in [7, 11) is 0. The van der Waals surface area contributed by atoms with Crippen molar-refractivity contribution in [1.29, 1.82) is 0 Å². The molecule has 0 N–H and O–H groups in total. The van der Waals surface area contributed by atoms with E-state index in [1.165, 1.54) is 0 Å². The zero-order valence-corrected chi connectivity index (χ0v) is 10.1. The fourth-order valence-corrected chi connectivity index (χ4v) is 0.321. The number of hydrogen-bond acceptors (Lipinski definition) is 0. The zero-order valence-electron chi connectivity index (χ0n) is 8.40. The molecule has 0 bridgehead atoms. The summed E-state index contributed by atoms with van der Waals surface area (Å²) in [4.78, 5) is 0. The molecule has 0 saturated heterocycles. The predicted molar refractivity (Wildman–Crippen MR) is 53.3 cm³/mol. The molecule has 0 spiro atoms. The van der Waals surface area contributed by atoms with Crippen LogP contribution < -0.4 is 0 Å². The molecule has 0 heterocycles. The molecule has 1 radical (unpaired) electrons. The van der Waals surface area contributed by atoms with E-state index < -0.39 is 0 Å². The third-order valence-electron chi connectivity index (χ3n) is 0.556. The molecular weight excluding hydrogens is 233 g/mol. The molecule has 0 atom stereocenters. The monoisotopic (exact) mass is 253 g/mol. The first-order valence-electron chi connectivity index (χ1n) is 3.98. The molecule has 0 amide bonds. The second-order valence-electron chi connectivity index (χ2n) is 2.12. The van der Waals surface area contributed by atoms with Crippen molar-refractivity contribution in [3.8, 4) is 0 Å². The fraction of sp³-hybridized carbons (Fsp3) is 0.364. The maximum atomic E-state index is 2.00. The van der Waals surface area contributed by atoms with Crippen molar-refractivity contribution in [1.82, 2.24) is 0 Å². The van der Waals surface area contributed by atoms with Crippen LogP contribution in [0.5, 0.6) is 0 Å². The molecule has 0 aliphatic carbocycles. The topological polar surface area (TPSA) is 0 Å². The Morgan fingerprint density at radius 3 is 1.17 bits per heavy atom. The van der Waals surface area contributed by atoms with Crippen LogP contribution in [-0.4, -0.2) is 0 Å². The minimum Gasteiger partial charge on any atom is -0.335 e. The SMILES string of the molecule is C[CH-]C.C[CH-]C.[Ru+3].c1cc[cH-]c1. The predicted octanol–water partition coefficient (Wildman–Crippen LogP) is 3.86. The van der Waals surface area contributed by atoms with E-state index in [0.29, 0.717) is 0 Å². The van der Waals surface area contributed by atoms with Crippen molar-refractivity contribution in [3.05, 3.63) is 43.2 Å². The van der Waals surface area contributed by atoms with Crippen molar-refractivity contribution in [2.75, 3.05) is 0 Å². The molecule has 0 aromatic heterocycles. The molecule has 1 heteroatoms. The molecule has 1 aromatic carbocycles. The second kappa shape index (κ2) is 22.4. The Balaban J connectivity index is -0.000000104. The molecule has 0 unspecified atom stereocenters.